The predicted molar refractivity (Wildman–Crippen MR) is 52.8 cm³/mol. The molecule has 0 aliphatic rings. The van der Waals surface area contributed by atoms with E-state index >= 15 is 0 Å². The van der Waals surface area contributed by atoms with Crippen LogP contribution in [0.2, 0.25) is 5.15 Å². The van der Waals surface area contributed by atoms with Crippen molar-refractivity contribution >= 4 is 27.5 Å². The summed E-state index contributed by atoms with van der Waals surface area (Å²) in [7, 11) is 0. The summed E-state index contributed by atoms with van der Waals surface area (Å²) in [6.07, 6.45) is -2.65. The van der Waals surface area contributed by atoms with Gasteiger partial charge in [-0.1, -0.05) is 27.5 Å². The standard InChI is InChI=1S/C8H7BrClF2NO/c9-2-4-1-5(8(11)12)6(3-14)13-7(4)10/h1,8,14H,2-3H2. The van der Waals surface area contributed by atoms with E-state index in [2.05, 4.69) is 20.9 Å². The second kappa shape index (κ2) is 5.00. The fourth-order valence-corrected chi connectivity index (χ4v) is 1.81. The van der Waals surface area contributed by atoms with Crippen LogP contribution in [0.15, 0.2) is 6.07 Å². The van der Waals surface area contributed by atoms with Crippen LogP contribution in [0.5, 0.6) is 0 Å². The summed E-state index contributed by atoms with van der Waals surface area (Å²) in [5.41, 5.74) is 0.139. The first kappa shape index (κ1) is 11.8. The van der Waals surface area contributed by atoms with Gasteiger partial charge in [0.25, 0.3) is 6.43 Å². The number of aromatic nitrogens is 1. The molecule has 1 rings (SSSR count). The number of aliphatic hydroxyl groups is 1. The zero-order valence-electron chi connectivity index (χ0n) is 6.98. The van der Waals surface area contributed by atoms with Gasteiger partial charge in [0.1, 0.15) is 5.15 Å². The fraction of sp³-hybridized carbons (Fsp3) is 0.375. The minimum Gasteiger partial charge on any atom is -0.390 e. The molecule has 6 heteroatoms. The Balaban J connectivity index is 3.25. The Morgan fingerprint density at radius 1 is 1.57 bits per heavy atom. The molecule has 0 aliphatic heterocycles. The lowest BCUT2D eigenvalue weighted by Gasteiger charge is -2.08. The van der Waals surface area contributed by atoms with E-state index in [0.717, 1.165) is 0 Å². The monoisotopic (exact) mass is 285 g/mol. The van der Waals surface area contributed by atoms with Crippen LogP contribution in [0, 0.1) is 0 Å². The van der Waals surface area contributed by atoms with Crippen molar-refractivity contribution in [3.05, 3.63) is 28.0 Å². The molecule has 1 N–H and O–H groups in total. The van der Waals surface area contributed by atoms with Crippen LogP contribution in [0.25, 0.3) is 0 Å². The zero-order valence-corrected chi connectivity index (χ0v) is 9.32. The first-order chi connectivity index (χ1) is 6.60. The van der Waals surface area contributed by atoms with Gasteiger partial charge in [-0.3, -0.25) is 0 Å². The Morgan fingerprint density at radius 2 is 2.21 bits per heavy atom. The maximum absolute atomic E-state index is 12.5. The van der Waals surface area contributed by atoms with E-state index in [9.17, 15) is 8.78 Å². The van der Waals surface area contributed by atoms with Gasteiger partial charge in [-0.15, -0.1) is 0 Å². The van der Waals surface area contributed by atoms with Crippen LogP contribution in [0.4, 0.5) is 8.78 Å². The number of nitrogens with zero attached hydrogens (tertiary/aromatic N) is 1. The molecule has 0 radical (unpaired) electrons. The molecule has 0 atom stereocenters. The minimum atomic E-state index is -2.65. The molecule has 0 fully saturated rings. The number of rotatable bonds is 3. The van der Waals surface area contributed by atoms with Crippen molar-refractivity contribution in [1.29, 1.82) is 0 Å². The molecule has 78 valence electrons. The minimum absolute atomic E-state index is 0.0744. The molecule has 1 aromatic rings. The Kier molecular flexibility index (Phi) is 4.22. The molecular formula is C8H7BrClF2NO. The van der Waals surface area contributed by atoms with Gasteiger partial charge in [0.15, 0.2) is 0 Å². The molecule has 0 saturated heterocycles. The molecule has 14 heavy (non-hydrogen) atoms. The third kappa shape index (κ3) is 2.40. The zero-order chi connectivity index (χ0) is 10.7. The summed E-state index contributed by atoms with van der Waals surface area (Å²) in [5, 5.41) is 9.28. The molecule has 0 aliphatic carbocycles. The Bertz CT molecular complexity index is 335. The Morgan fingerprint density at radius 3 is 2.64 bits per heavy atom. The second-order valence-electron chi connectivity index (χ2n) is 2.57. The summed E-state index contributed by atoms with van der Waals surface area (Å²) in [4.78, 5) is 3.69. The van der Waals surface area contributed by atoms with Crippen molar-refractivity contribution in [3.63, 3.8) is 0 Å². The van der Waals surface area contributed by atoms with Gasteiger partial charge in [-0.05, 0) is 6.07 Å². The highest BCUT2D eigenvalue weighted by atomic mass is 79.9. The fourth-order valence-electron chi connectivity index (χ4n) is 0.995. The molecule has 0 spiro atoms. The van der Waals surface area contributed by atoms with E-state index in [1.54, 1.807) is 0 Å². The molecule has 0 amide bonds. The van der Waals surface area contributed by atoms with Crippen LogP contribution in [0.1, 0.15) is 23.2 Å². The van der Waals surface area contributed by atoms with Crippen molar-refractivity contribution in [3.8, 4) is 0 Å². The lowest BCUT2D eigenvalue weighted by Crippen LogP contribution is -2.01. The van der Waals surface area contributed by atoms with E-state index in [0.29, 0.717) is 10.9 Å². The summed E-state index contributed by atoms with van der Waals surface area (Å²) in [6.45, 7) is -0.540. The van der Waals surface area contributed by atoms with Gasteiger partial charge in [-0.25, -0.2) is 13.8 Å². The first-order valence-corrected chi connectivity index (χ1v) is 5.23. The van der Waals surface area contributed by atoms with Crippen LogP contribution in [-0.4, -0.2) is 10.1 Å². The highest BCUT2D eigenvalue weighted by Crippen LogP contribution is 2.27. The average Bonchev–Trinajstić information content (AvgIpc) is 2.16. The summed E-state index contributed by atoms with van der Waals surface area (Å²) in [6, 6.07) is 1.25. The van der Waals surface area contributed by atoms with Crippen LogP contribution >= 0.6 is 27.5 Å². The number of alkyl halides is 3. The Labute approximate surface area is 93.0 Å². The molecule has 0 bridgehead atoms. The van der Waals surface area contributed by atoms with Crippen molar-refractivity contribution in [2.24, 2.45) is 0 Å². The second-order valence-corrected chi connectivity index (χ2v) is 3.49. The van der Waals surface area contributed by atoms with Crippen LogP contribution in [0.3, 0.4) is 0 Å². The molecule has 0 unspecified atom stereocenters. The molecule has 0 saturated carbocycles. The number of aliphatic hydroxyl groups excluding tert-OH is 1. The summed E-state index contributed by atoms with van der Waals surface area (Å²) in [5.74, 6) is 0. The third-order valence-corrected chi connectivity index (χ3v) is 2.62. The largest absolute Gasteiger partial charge is 0.390 e. The highest BCUT2D eigenvalue weighted by molar-refractivity contribution is 9.08. The number of halogens is 4. The Hall–Kier alpha value is -0.260. The average molecular weight is 287 g/mol. The van der Waals surface area contributed by atoms with Gasteiger partial charge in [-0.2, -0.15) is 0 Å². The van der Waals surface area contributed by atoms with E-state index in [-0.39, 0.29) is 16.4 Å². The molecule has 2 nitrogen and oxygen atoms in total. The summed E-state index contributed by atoms with van der Waals surface area (Å²) < 4.78 is 24.9. The smallest absolute Gasteiger partial charge is 0.265 e. The number of pyridine rings is 1. The van der Waals surface area contributed by atoms with E-state index in [4.69, 9.17) is 16.7 Å². The number of hydrogen-bond acceptors (Lipinski definition) is 2. The van der Waals surface area contributed by atoms with Crippen molar-refractivity contribution < 1.29 is 13.9 Å². The summed E-state index contributed by atoms with van der Waals surface area (Å²) >= 11 is 8.79. The lowest BCUT2D eigenvalue weighted by atomic mass is 10.1. The third-order valence-electron chi connectivity index (χ3n) is 1.69. The molecule has 0 aromatic carbocycles. The van der Waals surface area contributed by atoms with E-state index in [1.807, 2.05) is 0 Å². The maximum Gasteiger partial charge on any atom is 0.265 e. The normalized spacial score (nSPS) is 11.0. The topological polar surface area (TPSA) is 33.1 Å². The first-order valence-electron chi connectivity index (χ1n) is 3.73. The molecular weight excluding hydrogens is 279 g/mol. The highest BCUT2D eigenvalue weighted by Gasteiger charge is 2.16. The van der Waals surface area contributed by atoms with E-state index < -0.39 is 13.0 Å². The predicted octanol–water partition coefficient (Wildman–Crippen LogP) is 3.06. The van der Waals surface area contributed by atoms with Crippen LogP contribution in [-0.2, 0) is 11.9 Å². The van der Waals surface area contributed by atoms with Crippen molar-refractivity contribution in [2.45, 2.75) is 18.4 Å². The quantitative estimate of drug-likeness (QED) is 0.684. The van der Waals surface area contributed by atoms with Gasteiger partial charge in [0.05, 0.1) is 12.3 Å². The molecule has 1 heterocycles. The SMILES string of the molecule is OCc1nc(Cl)c(CBr)cc1C(F)F. The van der Waals surface area contributed by atoms with Gasteiger partial charge < -0.3 is 5.11 Å². The van der Waals surface area contributed by atoms with Gasteiger partial charge in [0.2, 0.25) is 0 Å². The van der Waals surface area contributed by atoms with Crippen LogP contribution < -0.4 is 0 Å². The van der Waals surface area contributed by atoms with Gasteiger partial charge >= 0.3 is 0 Å². The van der Waals surface area contributed by atoms with E-state index in [1.165, 1.54) is 6.07 Å². The van der Waals surface area contributed by atoms with Gasteiger partial charge in [0, 0.05) is 16.5 Å². The molecule has 1 aromatic heterocycles. The number of hydrogen-bond donors (Lipinski definition) is 1. The van der Waals surface area contributed by atoms with Crippen molar-refractivity contribution in [2.75, 3.05) is 0 Å². The lowest BCUT2D eigenvalue weighted by molar-refractivity contribution is 0.146. The van der Waals surface area contributed by atoms with Crippen molar-refractivity contribution in [1.82, 2.24) is 4.98 Å². The maximum atomic E-state index is 12.5.